The van der Waals surface area contributed by atoms with Crippen LogP contribution in [0, 0.1) is 5.92 Å². The molecule has 0 bridgehead atoms. The van der Waals surface area contributed by atoms with E-state index in [-0.39, 0.29) is 24.9 Å². The third-order valence-electron chi connectivity index (χ3n) is 6.55. The van der Waals surface area contributed by atoms with E-state index in [1.807, 2.05) is 36.4 Å². The molecule has 1 saturated carbocycles. The van der Waals surface area contributed by atoms with E-state index >= 15 is 0 Å². The first-order chi connectivity index (χ1) is 15.6. The van der Waals surface area contributed by atoms with Crippen molar-refractivity contribution in [2.75, 3.05) is 6.61 Å². The molecule has 1 aromatic heterocycles. The van der Waals surface area contributed by atoms with Gasteiger partial charge in [0.2, 0.25) is 5.78 Å². The molecule has 0 radical (unpaired) electrons. The van der Waals surface area contributed by atoms with Gasteiger partial charge in [0, 0.05) is 31.3 Å². The molecular weight excluding hydrogens is 404 g/mol. The summed E-state index contributed by atoms with van der Waals surface area (Å²) < 4.78 is 5.56. The van der Waals surface area contributed by atoms with Crippen molar-refractivity contribution in [1.29, 1.82) is 0 Å². The van der Waals surface area contributed by atoms with Crippen LogP contribution in [0.2, 0.25) is 0 Å². The van der Waals surface area contributed by atoms with Gasteiger partial charge < -0.3 is 9.64 Å². The van der Waals surface area contributed by atoms with E-state index in [0.29, 0.717) is 12.8 Å². The van der Waals surface area contributed by atoms with Crippen LogP contribution in [0.15, 0.2) is 48.8 Å². The number of rotatable bonds is 7. The molecule has 1 fully saturated rings. The summed E-state index contributed by atoms with van der Waals surface area (Å²) in [6.07, 6.45) is 9.94. The second kappa shape index (κ2) is 10.5. The van der Waals surface area contributed by atoms with Crippen LogP contribution in [0.1, 0.15) is 55.2 Å². The maximum absolute atomic E-state index is 13.2. The van der Waals surface area contributed by atoms with Crippen LogP contribution in [-0.2, 0) is 38.5 Å². The van der Waals surface area contributed by atoms with Crippen LogP contribution >= 0.6 is 0 Å². The van der Waals surface area contributed by atoms with Gasteiger partial charge in [0.1, 0.15) is 6.04 Å². The summed E-state index contributed by atoms with van der Waals surface area (Å²) in [4.78, 5) is 44.7. The molecule has 1 aromatic carbocycles. The number of aromatic nitrogens is 1. The van der Waals surface area contributed by atoms with Crippen LogP contribution in [0.5, 0.6) is 0 Å². The smallest absolute Gasteiger partial charge is 0.329 e. The lowest BCUT2D eigenvalue weighted by Gasteiger charge is -2.36. The highest BCUT2D eigenvalue weighted by Crippen LogP contribution is 2.28. The number of carbonyl (C=O) groups is 3. The summed E-state index contributed by atoms with van der Waals surface area (Å²) >= 11 is 0. The van der Waals surface area contributed by atoms with E-state index in [1.54, 1.807) is 12.4 Å². The first-order valence-electron chi connectivity index (χ1n) is 11.6. The molecule has 6 nitrogen and oxygen atoms in total. The zero-order valence-corrected chi connectivity index (χ0v) is 18.4. The Balaban J connectivity index is 1.42. The lowest BCUT2D eigenvalue weighted by molar-refractivity contribution is -0.159. The second-order valence-electron chi connectivity index (χ2n) is 8.75. The molecule has 0 saturated heterocycles. The SMILES string of the molecule is O=C(C(=O)N1Cc2ccccc2CC1C(=O)OCCCc1cccnc1)C1CCCCC1. The summed E-state index contributed by atoms with van der Waals surface area (Å²) in [6, 6.07) is 10.9. The van der Waals surface area contributed by atoms with Crippen LogP contribution in [0.3, 0.4) is 0 Å². The van der Waals surface area contributed by atoms with Crippen LogP contribution in [0.4, 0.5) is 0 Å². The van der Waals surface area contributed by atoms with E-state index in [9.17, 15) is 14.4 Å². The highest BCUT2D eigenvalue weighted by Gasteiger charge is 2.40. The number of nitrogens with zero attached hydrogens (tertiary/aromatic N) is 2. The summed E-state index contributed by atoms with van der Waals surface area (Å²) in [5.41, 5.74) is 3.10. The average molecular weight is 435 g/mol. The molecule has 2 heterocycles. The van der Waals surface area contributed by atoms with Gasteiger partial charge in [0.05, 0.1) is 6.61 Å². The molecule has 32 heavy (non-hydrogen) atoms. The number of benzene rings is 1. The van der Waals surface area contributed by atoms with Crippen molar-refractivity contribution in [2.24, 2.45) is 5.92 Å². The van der Waals surface area contributed by atoms with Gasteiger partial charge in [-0.25, -0.2) is 4.79 Å². The number of ketones is 1. The van der Waals surface area contributed by atoms with Gasteiger partial charge >= 0.3 is 5.97 Å². The number of amides is 1. The number of carbonyl (C=O) groups excluding carboxylic acids is 3. The first kappa shape index (κ1) is 22.2. The van der Waals surface area contributed by atoms with Gasteiger partial charge in [0.15, 0.2) is 0 Å². The number of Topliss-reactive ketones (excluding diaryl/α,β-unsaturated/α-hetero) is 1. The lowest BCUT2D eigenvalue weighted by Crippen LogP contribution is -2.52. The standard InChI is InChI=1S/C26H30N2O4/c29-24(20-10-2-1-3-11-20)25(30)28-18-22-13-5-4-12-21(22)16-23(28)26(31)32-15-7-9-19-8-6-14-27-17-19/h4-6,8,12-14,17,20,23H,1-3,7,9-11,15-16,18H2. The molecule has 2 aliphatic rings. The highest BCUT2D eigenvalue weighted by molar-refractivity contribution is 6.37. The number of esters is 1. The Hall–Kier alpha value is -3.02. The molecule has 1 unspecified atom stereocenters. The lowest BCUT2D eigenvalue weighted by atomic mass is 9.85. The van der Waals surface area contributed by atoms with E-state index in [0.717, 1.165) is 55.2 Å². The fraction of sp³-hybridized carbons (Fsp3) is 0.462. The van der Waals surface area contributed by atoms with Gasteiger partial charge in [-0.1, -0.05) is 49.6 Å². The third kappa shape index (κ3) is 5.23. The van der Waals surface area contributed by atoms with Crippen LogP contribution in [0.25, 0.3) is 0 Å². The molecule has 1 atom stereocenters. The number of aryl methyl sites for hydroxylation is 1. The summed E-state index contributed by atoms with van der Waals surface area (Å²) in [5.74, 6) is -1.54. The van der Waals surface area contributed by atoms with Gasteiger partial charge in [-0.05, 0) is 48.4 Å². The minimum absolute atomic E-state index is 0.218. The van der Waals surface area contributed by atoms with Crippen molar-refractivity contribution in [3.63, 3.8) is 0 Å². The van der Waals surface area contributed by atoms with Gasteiger partial charge in [0.25, 0.3) is 5.91 Å². The fourth-order valence-corrected chi connectivity index (χ4v) is 4.72. The summed E-state index contributed by atoms with van der Waals surface area (Å²) in [7, 11) is 0. The minimum Gasteiger partial charge on any atom is -0.464 e. The number of pyridine rings is 1. The Kier molecular flexibility index (Phi) is 7.30. The Labute approximate surface area is 189 Å². The van der Waals surface area contributed by atoms with Gasteiger partial charge in [-0.15, -0.1) is 0 Å². The Morgan fingerprint density at radius 1 is 1.00 bits per heavy atom. The maximum Gasteiger partial charge on any atom is 0.329 e. The van der Waals surface area contributed by atoms with Gasteiger partial charge in [-0.3, -0.25) is 14.6 Å². The summed E-state index contributed by atoms with van der Waals surface area (Å²) in [5, 5.41) is 0. The average Bonchev–Trinajstić information content (AvgIpc) is 2.86. The summed E-state index contributed by atoms with van der Waals surface area (Å²) in [6.45, 7) is 0.535. The molecule has 1 aliphatic heterocycles. The molecule has 1 aliphatic carbocycles. The zero-order chi connectivity index (χ0) is 22.3. The zero-order valence-electron chi connectivity index (χ0n) is 18.4. The molecule has 1 amide bonds. The van der Waals surface area contributed by atoms with Crippen molar-refractivity contribution in [1.82, 2.24) is 9.88 Å². The van der Waals surface area contributed by atoms with E-state index in [2.05, 4.69) is 4.98 Å². The number of ether oxygens (including phenoxy) is 1. The van der Waals surface area contributed by atoms with Crippen LogP contribution < -0.4 is 0 Å². The number of hydrogen-bond donors (Lipinski definition) is 0. The van der Waals surface area contributed by atoms with Crippen LogP contribution in [-0.4, -0.2) is 40.2 Å². The third-order valence-corrected chi connectivity index (χ3v) is 6.55. The number of fused-ring (bicyclic) bond motifs is 1. The van der Waals surface area contributed by atoms with E-state index in [4.69, 9.17) is 4.74 Å². The molecule has 6 heteroatoms. The molecule has 4 rings (SSSR count). The minimum atomic E-state index is -0.761. The molecular formula is C26H30N2O4. The predicted octanol–water partition coefficient (Wildman–Crippen LogP) is 3.66. The highest BCUT2D eigenvalue weighted by atomic mass is 16.5. The largest absolute Gasteiger partial charge is 0.464 e. The number of hydrogen-bond acceptors (Lipinski definition) is 5. The van der Waals surface area contributed by atoms with Gasteiger partial charge in [-0.2, -0.15) is 0 Å². The molecule has 168 valence electrons. The first-order valence-corrected chi connectivity index (χ1v) is 11.6. The fourth-order valence-electron chi connectivity index (χ4n) is 4.72. The second-order valence-corrected chi connectivity index (χ2v) is 8.75. The Morgan fingerprint density at radius 3 is 2.53 bits per heavy atom. The molecule has 0 spiro atoms. The van der Waals surface area contributed by atoms with Crippen molar-refractivity contribution in [3.05, 3.63) is 65.5 Å². The maximum atomic E-state index is 13.2. The van der Waals surface area contributed by atoms with Crippen molar-refractivity contribution >= 4 is 17.7 Å². The van der Waals surface area contributed by atoms with E-state index in [1.165, 1.54) is 4.90 Å². The Morgan fingerprint density at radius 2 is 1.78 bits per heavy atom. The molecule has 0 N–H and O–H groups in total. The topological polar surface area (TPSA) is 76.6 Å². The monoisotopic (exact) mass is 434 g/mol. The predicted molar refractivity (Wildman–Crippen MR) is 120 cm³/mol. The quantitative estimate of drug-likeness (QED) is 0.378. The Bertz CT molecular complexity index is 953. The van der Waals surface area contributed by atoms with Crippen molar-refractivity contribution in [2.45, 2.75) is 64.0 Å². The normalized spacial score (nSPS) is 18.6. The van der Waals surface area contributed by atoms with Crippen molar-refractivity contribution < 1.29 is 19.1 Å². The van der Waals surface area contributed by atoms with Crippen molar-refractivity contribution in [3.8, 4) is 0 Å². The van der Waals surface area contributed by atoms with E-state index < -0.39 is 17.9 Å². The molecule has 2 aromatic rings.